The number of nitrogens with two attached hydrogens (primary N) is 1. The quantitative estimate of drug-likeness (QED) is 0.289. The van der Waals surface area contributed by atoms with Gasteiger partial charge in [-0.2, -0.15) is 0 Å². The number of nitrogens with zero attached hydrogens (tertiary/aromatic N) is 1. The van der Waals surface area contributed by atoms with Gasteiger partial charge >= 0.3 is 6.36 Å². The van der Waals surface area contributed by atoms with Crippen LogP contribution in [0.5, 0.6) is 0 Å². The summed E-state index contributed by atoms with van der Waals surface area (Å²) in [7, 11) is 0. The molecule has 0 saturated carbocycles. The number of ketones is 1. The monoisotopic (exact) mass is 572 g/mol. The minimum absolute atomic E-state index is 0.0736. The molecular formula is C29H31F3N4O5. The second-order valence-corrected chi connectivity index (χ2v) is 9.99. The van der Waals surface area contributed by atoms with E-state index in [1.807, 2.05) is 30.3 Å². The molecule has 0 bridgehead atoms. The van der Waals surface area contributed by atoms with Gasteiger partial charge < -0.3 is 20.9 Å². The molecule has 0 spiro atoms. The van der Waals surface area contributed by atoms with E-state index in [-0.39, 0.29) is 24.4 Å². The Bertz CT molecular complexity index is 1410. The summed E-state index contributed by atoms with van der Waals surface area (Å²) in [6, 6.07) is 15.7. The zero-order chi connectivity index (χ0) is 29.6. The van der Waals surface area contributed by atoms with Crippen LogP contribution in [0.4, 0.5) is 13.2 Å². The van der Waals surface area contributed by atoms with Crippen molar-refractivity contribution in [2.75, 3.05) is 13.2 Å². The number of ether oxygens (including phenoxy) is 1. The number of para-hydroxylation sites is 1. The number of rotatable bonds is 13. The fraction of sp³-hybridized carbons (Fsp3) is 0.379. The average molecular weight is 573 g/mol. The van der Waals surface area contributed by atoms with Crippen molar-refractivity contribution in [1.82, 2.24) is 15.2 Å². The van der Waals surface area contributed by atoms with E-state index in [0.717, 1.165) is 5.56 Å². The van der Waals surface area contributed by atoms with Crippen LogP contribution in [0.25, 0.3) is 10.9 Å². The van der Waals surface area contributed by atoms with Crippen molar-refractivity contribution < 1.29 is 37.1 Å². The Hall–Kier alpha value is -4.19. The summed E-state index contributed by atoms with van der Waals surface area (Å²) in [5, 5.41) is 5.87. The van der Waals surface area contributed by atoms with E-state index in [4.69, 9.17) is 5.73 Å². The van der Waals surface area contributed by atoms with Crippen LogP contribution in [0.3, 0.4) is 0 Å². The lowest BCUT2D eigenvalue weighted by atomic mass is 9.95. The van der Waals surface area contributed by atoms with Crippen LogP contribution in [-0.4, -0.2) is 53.6 Å². The number of hydrogen-bond donors (Lipinski definition) is 3. The maximum absolute atomic E-state index is 13.9. The van der Waals surface area contributed by atoms with Gasteiger partial charge in [-0.1, -0.05) is 48.5 Å². The van der Waals surface area contributed by atoms with Crippen LogP contribution < -0.4 is 16.4 Å². The molecule has 218 valence electrons. The summed E-state index contributed by atoms with van der Waals surface area (Å²) in [6.45, 7) is -0.961. The number of hydrogen-bond acceptors (Lipinski definition) is 5. The molecule has 1 aromatic heterocycles. The molecule has 1 aliphatic heterocycles. The standard InChI is InChI=1S/C29H31F3N4O5/c30-29(31,32)41-17-25(37)21(15-20-13-14-34-27(20)39)35-28(40)23(12-6-9-18-7-2-1-3-8-18)36-22-11-5-4-10-19(22)16-24(36)26(33)38/h1-5,7-8,10-11,16,20-21,23H,6,9,12-15,17H2,(H2,33,38)(H,34,39)(H,35,40)/t20-,21-,23-/m0/s1. The number of carbonyl (C=O) groups excluding carboxylic acids is 4. The molecule has 1 saturated heterocycles. The summed E-state index contributed by atoms with van der Waals surface area (Å²) in [5.41, 5.74) is 7.34. The highest BCUT2D eigenvalue weighted by molar-refractivity contribution is 6.00. The Morgan fingerprint density at radius 3 is 2.46 bits per heavy atom. The first-order valence-corrected chi connectivity index (χ1v) is 13.3. The Morgan fingerprint density at radius 1 is 1.10 bits per heavy atom. The van der Waals surface area contributed by atoms with E-state index in [1.165, 1.54) is 4.57 Å². The van der Waals surface area contributed by atoms with Gasteiger partial charge in [-0.25, -0.2) is 0 Å². The van der Waals surface area contributed by atoms with Gasteiger partial charge in [0.25, 0.3) is 5.91 Å². The maximum atomic E-state index is 13.9. The molecule has 2 heterocycles. The van der Waals surface area contributed by atoms with Crippen molar-refractivity contribution in [3.63, 3.8) is 0 Å². The third-order valence-electron chi connectivity index (χ3n) is 7.17. The van der Waals surface area contributed by atoms with Gasteiger partial charge in [0.15, 0.2) is 5.78 Å². The van der Waals surface area contributed by atoms with Gasteiger partial charge in [0.2, 0.25) is 11.8 Å². The smallest absolute Gasteiger partial charge is 0.364 e. The van der Waals surface area contributed by atoms with Crippen LogP contribution in [0, 0.1) is 5.92 Å². The van der Waals surface area contributed by atoms with Crippen LogP contribution >= 0.6 is 0 Å². The van der Waals surface area contributed by atoms with Crippen molar-refractivity contribution >= 4 is 34.4 Å². The number of alkyl halides is 3. The lowest BCUT2D eigenvalue weighted by Crippen LogP contribution is -2.47. The Kier molecular flexibility index (Phi) is 9.43. The number of halogens is 3. The number of aromatic nitrogens is 1. The molecule has 2 aromatic carbocycles. The average Bonchev–Trinajstić information content (AvgIpc) is 3.52. The van der Waals surface area contributed by atoms with Crippen LogP contribution in [0.1, 0.15) is 47.8 Å². The van der Waals surface area contributed by atoms with Gasteiger partial charge in [-0.15, -0.1) is 13.2 Å². The summed E-state index contributed by atoms with van der Waals surface area (Å²) >= 11 is 0. The summed E-state index contributed by atoms with van der Waals surface area (Å²) < 4.78 is 43.3. The highest BCUT2D eigenvalue weighted by Crippen LogP contribution is 2.28. The van der Waals surface area contributed by atoms with Crippen LogP contribution in [-0.2, 0) is 25.5 Å². The summed E-state index contributed by atoms with van der Waals surface area (Å²) in [5.74, 6) is -3.49. The Balaban J connectivity index is 1.65. The molecular weight excluding hydrogens is 541 g/mol. The van der Waals surface area contributed by atoms with Crippen LogP contribution in [0.15, 0.2) is 60.7 Å². The molecule has 41 heavy (non-hydrogen) atoms. The first-order valence-electron chi connectivity index (χ1n) is 13.3. The van der Waals surface area contributed by atoms with Crippen molar-refractivity contribution in [2.45, 2.75) is 50.6 Å². The number of benzene rings is 2. The second-order valence-electron chi connectivity index (χ2n) is 9.99. The molecule has 4 N–H and O–H groups in total. The zero-order valence-electron chi connectivity index (χ0n) is 22.2. The molecule has 1 aliphatic rings. The van der Waals surface area contributed by atoms with E-state index in [9.17, 15) is 32.3 Å². The van der Waals surface area contributed by atoms with Crippen molar-refractivity contribution in [3.8, 4) is 0 Å². The molecule has 1 fully saturated rings. The molecule has 4 rings (SSSR count). The molecule has 0 aliphatic carbocycles. The number of carbonyl (C=O) groups is 4. The fourth-order valence-corrected chi connectivity index (χ4v) is 5.17. The zero-order valence-corrected chi connectivity index (χ0v) is 22.2. The number of aryl methyl sites for hydroxylation is 1. The van der Waals surface area contributed by atoms with Crippen molar-refractivity contribution in [1.29, 1.82) is 0 Å². The predicted octanol–water partition coefficient (Wildman–Crippen LogP) is 3.42. The lowest BCUT2D eigenvalue weighted by molar-refractivity contribution is -0.321. The van der Waals surface area contributed by atoms with Gasteiger partial charge in [0.05, 0.1) is 6.04 Å². The third kappa shape index (κ3) is 7.72. The first kappa shape index (κ1) is 29.8. The van der Waals surface area contributed by atoms with E-state index in [0.29, 0.717) is 36.7 Å². The van der Waals surface area contributed by atoms with Gasteiger partial charge in [-0.3, -0.25) is 23.9 Å². The largest absolute Gasteiger partial charge is 0.522 e. The molecule has 12 heteroatoms. The van der Waals surface area contributed by atoms with E-state index >= 15 is 0 Å². The summed E-state index contributed by atoms with van der Waals surface area (Å²) in [4.78, 5) is 51.4. The maximum Gasteiger partial charge on any atom is 0.522 e. The molecule has 3 atom stereocenters. The van der Waals surface area contributed by atoms with Gasteiger partial charge in [0, 0.05) is 23.4 Å². The van der Waals surface area contributed by atoms with E-state index in [1.54, 1.807) is 30.3 Å². The Labute approximate surface area is 234 Å². The third-order valence-corrected chi connectivity index (χ3v) is 7.17. The first-order chi connectivity index (χ1) is 19.5. The number of primary amides is 1. The molecule has 3 amide bonds. The van der Waals surface area contributed by atoms with Gasteiger partial charge in [-0.05, 0) is 49.8 Å². The predicted molar refractivity (Wildman–Crippen MR) is 144 cm³/mol. The molecule has 0 radical (unpaired) electrons. The van der Waals surface area contributed by atoms with Gasteiger partial charge in [0.1, 0.15) is 18.3 Å². The number of amides is 3. The van der Waals surface area contributed by atoms with Crippen molar-refractivity contribution in [2.24, 2.45) is 11.7 Å². The number of Topliss-reactive ketones (excluding diaryl/α,β-unsaturated/α-hetero) is 1. The number of fused-ring (bicyclic) bond motifs is 1. The highest BCUT2D eigenvalue weighted by atomic mass is 19.4. The Morgan fingerprint density at radius 2 is 1.80 bits per heavy atom. The molecule has 9 nitrogen and oxygen atoms in total. The lowest BCUT2D eigenvalue weighted by Gasteiger charge is -2.26. The SMILES string of the molecule is NC(=O)c1cc2ccccc2n1[C@@H](CCCc1ccccc1)C(=O)N[C@@H](C[C@@H]1CCNC1=O)C(=O)COC(F)(F)F. The molecule has 0 unspecified atom stereocenters. The highest BCUT2D eigenvalue weighted by Gasteiger charge is 2.36. The fourth-order valence-electron chi connectivity index (χ4n) is 5.17. The van der Waals surface area contributed by atoms with E-state index < -0.39 is 48.6 Å². The topological polar surface area (TPSA) is 133 Å². The minimum Gasteiger partial charge on any atom is -0.364 e. The normalized spacial score (nSPS) is 16.8. The second kappa shape index (κ2) is 13.0. The van der Waals surface area contributed by atoms with Crippen LogP contribution in [0.2, 0.25) is 0 Å². The molecule has 3 aromatic rings. The van der Waals surface area contributed by atoms with E-state index in [2.05, 4.69) is 15.4 Å². The summed E-state index contributed by atoms with van der Waals surface area (Å²) in [6.07, 6.45) is -3.52. The minimum atomic E-state index is -5.05. The van der Waals surface area contributed by atoms with Crippen molar-refractivity contribution in [3.05, 3.63) is 71.9 Å². The number of nitrogens with one attached hydrogen (secondary N) is 2.